The number of hydrazone groups is 1. The summed E-state index contributed by atoms with van der Waals surface area (Å²) in [5.41, 5.74) is 1.11. The molecule has 1 amide bonds. The zero-order chi connectivity index (χ0) is 21.7. The predicted octanol–water partition coefficient (Wildman–Crippen LogP) is 3.61. The maximum Gasteiger partial charge on any atom is 0.243 e. The van der Waals surface area contributed by atoms with Gasteiger partial charge < -0.3 is 4.74 Å². The number of nitriles is 1. The Balaban J connectivity index is 1.55. The number of halogens is 2. The van der Waals surface area contributed by atoms with Gasteiger partial charge in [-0.3, -0.25) is 4.79 Å². The van der Waals surface area contributed by atoms with E-state index >= 15 is 0 Å². The van der Waals surface area contributed by atoms with E-state index in [1.54, 1.807) is 6.92 Å². The molecule has 0 spiro atoms. The molecule has 0 radical (unpaired) electrons. The van der Waals surface area contributed by atoms with Crippen LogP contribution in [0.4, 0.5) is 8.78 Å². The molecule has 2 aromatic rings. The van der Waals surface area contributed by atoms with E-state index < -0.39 is 17.7 Å². The minimum Gasteiger partial charge on any atom is -0.472 e. The van der Waals surface area contributed by atoms with E-state index in [1.165, 1.54) is 30.7 Å². The Bertz CT molecular complexity index is 1010. The van der Waals surface area contributed by atoms with Crippen molar-refractivity contribution in [3.05, 3.63) is 65.1 Å². The Morgan fingerprint density at radius 1 is 1.30 bits per heavy atom. The third-order valence-corrected chi connectivity index (χ3v) is 4.50. The summed E-state index contributed by atoms with van der Waals surface area (Å²) < 4.78 is 34.1. The number of carbonyl (C=O) groups is 1. The average molecular weight is 411 g/mol. The van der Waals surface area contributed by atoms with Gasteiger partial charge in [-0.1, -0.05) is 6.58 Å². The van der Waals surface area contributed by atoms with Gasteiger partial charge in [0, 0.05) is 24.6 Å². The van der Waals surface area contributed by atoms with Gasteiger partial charge in [-0.2, -0.15) is 10.4 Å². The lowest BCUT2D eigenvalue weighted by Gasteiger charge is -2.23. The van der Waals surface area contributed by atoms with Crippen molar-refractivity contribution in [1.29, 1.82) is 5.26 Å². The molecule has 0 bridgehead atoms. The van der Waals surface area contributed by atoms with Crippen LogP contribution in [0.3, 0.4) is 0 Å². The van der Waals surface area contributed by atoms with Gasteiger partial charge in [0.2, 0.25) is 11.8 Å². The van der Waals surface area contributed by atoms with Crippen molar-refractivity contribution in [1.82, 2.24) is 15.0 Å². The van der Waals surface area contributed by atoms with Crippen molar-refractivity contribution in [3.63, 3.8) is 0 Å². The average Bonchev–Trinajstić information content (AvgIpc) is 3.19. The van der Waals surface area contributed by atoms with Gasteiger partial charge in [0.1, 0.15) is 24.3 Å². The van der Waals surface area contributed by atoms with Crippen LogP contribution in [0, 0.1) is 29.9 Å². The highest BCUT2D eigenvalue weighted by atomic mass is 19.1. The Kier molecular flexibility index (Phi) is 6.47. The fourth-order valence-electron chi connectivity index (χ4n) is 3.02. The Morgan fingerprint density at radius 3 is 2.67 bits per heavy atom. The largest absolute Gasteiger partial charge is 0.472 e. The number of carbonyl (C=O) groups excluding carboxylic acids is 1. The number of aryl methyl sites for hydroxylation is 1. The topological polar surface area (TPSA) is 91.5 Å². The Labute approximate surface area is 172 Å². The van der Waals surface area contributed by atoms with Crippen LogP contribution in [0.2, 0.25) is 0 Å². The summed E-state index contributed by atoms with van der Waals surface area (Å²) >= 11 is 0. The molecular formula is C21H19F2N5O2. The summed E-state index contributed by atoms with van der Waals surface area (Å²) in [7, 11) is 0. The van der Waals surface area contributed by atoms with Gasteiger partial charge in [-0.05, 0) is 36.6 Å². The molecule has 0 saturated heterocycles. The lowest BCUT2D eigenvalue weighted by molar-refractivity contribution is -0.133. The summed E-state index contributed by atoms with van der Waals surface area (Å²) in [4.78, 5) is 20.4. The molecule has 1 aliphatic rings. The fourth-order valence-corrected chi connectivity index (χ4v) is 3.02. The summed E-state index contributed by atoms with van der Waals surface area (Å²) in [6, 6.07) is 3.53. The zero-order valence-corrected chi connectivity index (χ0v) is 16.3. The first-order valence-electron chi connectivity index (χ1n) is 9.20. The third-order valence-electron chi connectivity index (χ3n) is 4.50. The summed E-state index contributed by atoms with van der Waals surface area (Å²) in [6.07, 6.45) is 4.69. The van der Waals surface area contributed by atoms with Crippen LogP contribution < -0.4 is 4.74 Å². The van der Waals surface area contributed by atoms with E-state index in [-0.39, 0.29) is 42.5 Å². The van der Waals surface area contributed by atoms with Crippen LogP contribution in [0.15, 0.2) is 41.8 Å². The molecule has 2 heterocycles. The molecule has 1 aromatic carbocycles. The van der Waals surface area contributed by atoms with Crippen molar-refractivity contribution < 1.29 is 18.3 Å². The molecular weight excluding hydrogens is 392 g/mol. The van der Waals surface area contributed by atoms with E-state index in [4.69, 9.17) is 10.00 Å². The van der Waals surface area contributed by atoms with Crippen LogP contribution in [0.25, 0.3) is 0 Å². The van der Waals surface area contributed by atoms with Gasteiger partial charge in [-0.25, -0.2) is 23.8 Å². The molecule has 0 saturated carbocycles. The van der Waals surface area contributed by atoms with Crippen LogP contribution >= 0.6 is 0 Å². The SMILES string of the molecule is C=C(CCC(=O)N1N=CCC1c1c(F)cc(C)cc1F)COc1cnc(C#N)cn1. The normalized spacial score (nSPS) is 15.1. The van der Waals surface area contributed by atoms with Crippen molar-refractivity contribution in [3.8, 4) is 11.9 Å². The smallest absolute Gasteiger partial charge is 0.243 e. The summed E-state index contributed by atoms with van der Waals surface area (Å²) in [5, 5.41) is 13.8. The quantitative estimate of drug-likeness (QED) is 0.649. The molecule has 9 heteroatoms. The van der Waals surface area contributed by atoms with Crippen molar-refractivity contribution >= 4 is 12.1 Å². The first-order valence-corrected chi connectivity index (χ1v) is 9.20. The number of nitrogens with zero attached hydrogens (tertiary/aromatic N) is 5. The first-order chi connectivity index (χ1) is 14.4. The molecule has 1 aromatic heterocycles. The molecule has 0 fully saturated rings. The number of ether oxygens (including phenoxy) is 1. The minimum absolute atomic E-state index is 0.0597. The van der Waals surface area contributed by atoms with Gasteiger partial charge in [0.15, 0.2) is 5.69 Å². The molecule has 1 atom stereocenters. The standard InChI is InChI=1S/C21H19F2N5O2/c1-13(12-30-19-11-25-15(9-24)10-26-19)3-4-20(29)28-18(5-6-27-28)21-16(22)7-14(2)8-17(21)23/h6-8,10-11,18H,1,3-5,12H2,2H3. The highest BCUT2D eigenvalue weighted by molar-refractivity contribution is 5.80. The number of amides is 1. The van der Waals surface area contributed by atoms with Crippen molar-refractivity contribution in [2.24, 2.45) is 5.10 Å². The van der Waals surface area contributed by atoms with Gasteiger partial charge >= 0.3 is 0 Å². The zero-order valence-electron chi connectivity index (χ0n) is 16.3. The predicted molar refractivity (Wildman–Crippen MR) is 104 cm³/mol. The van der Waals surface area contributed by atoms with E-state index in [0.29, 0.717) is 17.6 Å². The third kappa shape index (κ3) is 4.84. The van der Waals surface area contributed by atoms with E-state index in [0.717, 1.165) is 5.01 Å². The number of hydrogen-bond donors (Lipinski definition) is 0. The maximum absolute atomic E-state index is 14.3. The van der Waals surface area contributed by atoms with Crippen LogP contribution in [-0.2, 0) is 4.79 Å². The molecule has 154 valence electrons. The highest BCUT2D eigenvalue weighted by Crippen LogP contribution is 2.33. The van der Waals surface area contributed by atoms with Crippen molar-refractivity contribution in [2.75, 3.05) is 6.61 Å². The van der Waals surface area contributed by atoms with Gasteiger partial charge in [0.05, 0.1) is 18.4 Å². The maximum atomic E-state index is 14.3. The van der Waals surface area contributed by atoms with Crippen LogP contribution in [0.1, 0.15) is 42.1 Å². The second-order valence-electron chi connectivity index (χ2n) is 6.82. The number of benzene rings is 1. The summed E-state index contributed by atoms with van der Waals surface area (Å²) in [5.74, 6) is -1.52. The fraction of sp³-hybridized carbons (Fsp3) is 0.286. The van der Waals surface area contributed by atoms with Crippen molar-refractivity contribution in [2.45, 2.75) is 32.2 Å². The van der Waals surface area contributed by atoms with E-state index in [1.807, 2.05) is 6.07 Å². The van der Waals surface area contributed by atoms with Crippen LogP contribution in [-0.4, -0.2) is 33.7 Å². The monoisotopic (exact) mass is 411 g/mol. The molecule has 30 heavy (non-hydrogen) atoms. The number of aromatic nitrogens is 2. The molecule has 0 N–H and O–H groups in total. The lowest BCUT2D eigenvalue weighted by atomic mass is 10.0. The second kappa shape index (κ2) is 9.22. The van der Waals surface area contributed by atoms with E-state index in [9.17, 15) is 13.6 Å². The number of hydrogen-bond acceptors (Lipinski definition) is 6. The molecule has 7 nitrogen and oxygen atoms in total. The minimum atomic E-state index is -0.809. The van der Waals surface area contributed by atoms with E-state index in [2.05, 4.69) is 21.6 Å². The molecule has 1 aliphatic heterocycles. The second-order valence-corrected chi connectivity index (χ2v) is 6.82. The first kappa shape index (κ1) is 21.0. The van der Waals surface area contributed by atoms with Crippen LogP contribution in [0.5, 0.6) is 5.88 Å². The van der Waals surface area contributed by atoms with Gasteiger partial charge in [0.25, 0.3) is 0 Å². The lowest BCUT2D eigenvalue weighted by Crippen LogP contribution is -2.28. The Morgan fingerprint density at radius 2 is 2.03 bits per heavy atom. The highest BCUT2D eigenvalue weighted by Gasteiger charge is 2.32. The molecule has 3 rings (SSSR count). The Hall–Kier alpha value is -3.67. The molecule has 1 unspecified atom stereocenters. The molecule has 0 aliphatic carbocycles. The van der Waals surface area contributed by atoms with Gasteiger partial charge in [-0.15, -0.1) is 0 Å². The summed E-state index contributed by atoms with van der Waals surface area (Å²) in [6.45, 7) is 5.57. The number of rotatable bonds is 7.